The summed E-state index contributed by atoms with van der Waals surface area (Å²) in [5.74, 6) is 1.29. The standard InChI is InChI=1S/C19H23NO4.C3H8/c1-20-7-6-13-10-19(24-3)17(22)11-14(13)15(20)8-12-4-5-18(23-2)16(21)9-12;1-3-2/h4-5,9-11,15,21-22H,6-8H2,1-3H3;3H2,1-2H3. The Kier molecular flexibility index (Phi) is 7.36. The van der Waals surface area contributed by atoms with Crippen molar-refractivity contribution in [2.75, 3.05) is 27.8 Å². The van der Waals surface area contributed by atoms with Crippen LogP contribution in [0.15, 0.2) is 30.3 Å². The minimum Gasteiger partial charge on any atom is -0.504 e. The first-order valence-electron chi connectivity index (χ1n) is 9.40. The Balaban J connectivity index is 0.000000817. The summed E-state index contributed by atoms with van der Waals surface area (Å²) < 4.78 is 10.3. The summed E-state index contributed by atoms with van der Waals surface area (Å²) in [7, 11) is 5.18. The van der Waals surface area contributed by atoms with Crippen LogP contribution in [0.2, 0.25) is 0 Å². The molecule has 0 aromatic heterocycles. The van der Waals surface area contributed by atoms with E-state index in [-0.39, 0.29) is 17.5 Å². The predicted octanol–water partition coefficient (Wildman–Crippen LogP) is 4.30. The van der Waals surface area contributed by atoms with Crippen molar-refractivity contribution in [3.05, 3.63) is 47.0 Å². The van der Waals surface area contributed by atoms with Crippen molar-refractivity contribution in [3.8, 4) is 23.0 Å². The average molecular weight is 373 g/mol. The molecule has 27 heavy (non-hydrogen) atoms. The molecule has 2 aromatic carbocycles. The number of fused-ring (bicyclic) bond motifs is 1. The summed E-state index contributed by atoms with van der Waals surface area (Å²) in [5, 5.41) is 20.1. The van der Waals surface area contributed by atoms with Gasteiger partial charge in [0.15, 0.2) is 23.0 Å². The summed E-state index contributed by atoms with van der Waals surface area (Å²) >= 11 is 0. The van der Waals surface area contributed by atoms with Gasteiger partial charge < -0.3 is 19.7 Å². The number of aromatic hydroxyl groups is 2. The van der Waals surface area contributed by atoms with Gasteiger partial charge in [0.05, 0.1) is 14.2 Å². The van der Waals surface area contributed by atoms with Crippen LogP contribution in [0.3, 0.4) is 0 Å². The molecule has 148 valence electrons. The van der Waals surface area contributed by atoms with Crippen LogP contribution in [-0.2, 0) is 12.8 Å². The monoisotopic (exact) mass is 373 g/mol. The zero-order valence-corrected chi connectivity index (χ0v) is 17.0. The number of methoxy groups -OCH3 is 2. The average Bonchev–Trinajstić information content (AvgIpc) is 2.65. The van der Waals surface area contributed by atoms with Gasteiger partial charge in [-0.25, -0.2) is 0 Å². The van der Waals surface area contributed by atoms with Gasteiger partial charge in [0.1, 0.15) is 0 Å². The molecule has 2 N–H and O–H groups in total. The lowest BCUT2D eigenvalue weighted by Crippen LogP contribution is -2.33. The molecule has 0 aliphatic carbocycles. The topological polar surface area (TPSA) is 62.2 Å². The highest BCUT2D eigenvalue weighted by Gasteiger charge is 2.27. The summed E-state index contributed by atoms with van der Waals surface area (Å²) in [4.78, 5) is 2.27. The molecule has 1 heterocycles. The van der Waals surface area contributed by atoms with E-state index in [4.69, 9.17) is 9.47 Å². The Bertz CT molecular complexity index is 760. The quantitative estimate of drug-likeness (QED) is 0.836. The molecule has 5 heteroatoms. The first kappa shape index (κ1) is 20.9. The zero-order valence-electron chi connectivity index (χ0n) is 17.0. The molecule has 0 amide bonds. The number of phenols is 2. The molecule has 1 aliphatic heterocycles. The predicted molar refractivity (Wildman–Crippen MR) is 108 cm³/mol. The number of likely N-dealkylation sites (N-methyl/N-ethyl adjacent to an activating group) is 1. The third kappa shape index (κ3) is 4.86. The van der Waals surface area contributed by atoms with E-state index in [0.29, 0.717) is 11.5 Å². The third-order valence-electron chi connectivity index (χ3n) is 4.74. The van der Waals surface area contributed by atoms with E-state index in [1.54, 1.807) is 25.3 Å². The van der Waals surface area contributed by atoms with Crippen LogP contribution >= 0.6 is 0 Å². The fourth-order valence-electron chi connectivity index (χ4n) is 3.36. The van der Waals surface area contributed by atoms with Crippen LogP contribution in [0.4, 0.5) is 0 Å². The highest BCUT2D eigenvalue weighted by Crippen LogP contribution is 2.39. The maximum atomic E-state index is 10.1. The van der Waals surface area contributed by atoms with Crippen molar-refractivity contribution in [2.24, 2.45) is 0 Å². The van der Waals surface area contributed by atoms with E-state index in [1.165, 1.54) is 19.1 Å². The molecule has 1 atom stereocenters. The first-order valence-corrected chi connectivity index (χ1v) is 9.40. The fraction of sp³-hybridized carbons (Fsp3) is 0.455. The molecule has 3 rings (SSSR count). The molecule has 5 nitrogen and oxygen atoms in total. The van der Waals surface area contributed by atoms with Crippen LogP contribution < -0.4 is 9.47 Å². The number of hydrogen-bond acceptors (Lipinski definition) is 5. The van der Waals surface area contributed by atoms with E-state index < -0.39 is 0 Å². The normalized spacial score (nSPS) is 16.1. The molecule has 1 aliphatic rings. The van der Waals surface area contributed by atoms with Crippen molar-refractivity contribution in [1.82, 2.24) is 4.90 Å². The minimum atomic E-state index is 0.137. The lowest BCUT2D eigenvalue weighted by atomic mass is 9.88. The van der Waals surface area contributed by atoms with Gasteiger partial charge >= 0.3 is 0 Å². The second-order valence-electron chi connectivity index (χ2n) is 6.89. The van der Waals surface area contributed by atoms with Gasteiger partial charge in [-0.2, -0.15) is 0 Å². The Labute approximate surface area is 162 Å². The van der Waals surface area contributed by atoms with Crippen LogP contribution in [0, 0.1) is 0 Å². The van der Waals surface area contributed by atoms with Crippen molar-refractivity contribution >= 4 is 0 Å². The van der Waals surface area contributed by atoms with E-state index in [0.717, 1.165) is 30.5 Å². The number of nitrogens with zero attached hydrogens (tertiary/aromatic N) is 1. The Hall–Kier alpha value is -2.40. The van der Waals surface area contributed by atoms with Gasteiger partial charge in [-0.1, -0.05) is 26.3 Å². The van der Waals surface area contributed by atoms with E-state index in [9.17, 15) is 10.2 Å². The highest BCUT2D eigenvalue weighted by atomic mass is 16.5. The largest absolute Gasteiger partial charge is 0.504 e. The maximum absolute atomic E-state index is 10.1. The highest BCUT2D eigenvalue weighted by molar-refractivity contribution is 5.49. The molecule has 0 spiro atoms. The van der Waals surface area contributed by atoms with Gasteiger partial charge in [-0.15, -0.1) is 0 Å². The van der Waals surface area contributed by atoms with Crippen LogP contribution in [0.25, 0.3) is 0 Å². The van der Waals surface area contributed by atoms with Gasteiger partial charge in [0, 0.05) is 12.6 Å². The SMILES string of the molecule is CCC.COc1ccc(CC2c3cc(O)c(OC)cc3CCN2C)cc1O. The summed E-state index contributed by atoms with van der Waals surface area (Å²) in [6, 6.07) is 9.35. The lowest BCUT2D eigenvalue weighted by Gasteiger charge is -2.35. The van der Waals surface area contributed by atoms with Crippen molar-refractivity contribution in [2.45, 2.75) is 39.2 Å². The summed E-state index contributed by atoms with van der Waals surface area (Å²) in [6.45, 7) is 5.19. The van der Waals surface area contributed by atoms with Crippen LogP contribution in [0.1, 0.15) is 43.0 Å². The maximum Gasteiger partial charge on any atom is 0.160 e. The van der Waals surface area contributed by atoms with Gasteiger partial charge in [0.2, 0.25) is 0 Å². The molecule has 0 fully saturated rings. The first-order chi connectivity index (χ1) is 12.9. The van der Waals surface area contributed by atoms with Gasteiger partial charge in [-0.05, 0) is 60.8 Å². The Morgan fingerprint density at radius 3 is 2.22 bits per heavy atom. The Morgan fingerprint density at radius 1 is 1.00 bits per heavy atom. The smallest absolute Gasteiger partial charge is 0.160 e. The van der Waals surface area contributed by atoms with Crippen LogP contribution in [0.5, 0.6) is 23.0 Å². The molecule has 1 unspecified atom stereocenters. The van der Waals surface area contributed by atoms with Gasteiger partial charge in [-0.3, -0.25) is 4.90 Å². The molecule has 0 saturated carbocycles. The lowest BCUT2D eigenvalue weighted by molar-refractivity contribution is 0.228. The summed E-state index contributed by atoms with van der Waals surface area (Å²) in [5.41, 5.74) is 3.33. The number of hydrogen-bond donors (Lipinski definition) is 2. The van der Waals surface area contributed by atoms with Crippen LogP contribution in [-0.4, -0.2) is 42.9 Å². The fourth-order valence-corrected chi connectivity index (χ4v) is 3.36. The molecule has 2 aromatic rings. The number of phenolic OH excluding ortho intramolecular Hbond substituents is 2. The van der Waals surface area contributed by atoms with E-state index in [2.05, 4.69) is 25.8 Å². The van der Waals surface area contributed by atoms with Gasteiger partial charge in [0.25, 0.3) is 0 Å². The summed E-state index contributed by atoms with van der Waals surface area (Å²) in [6.07, 6.45) is 2.92. The Morgan fingerprint density at radius 2 is 1.63 bits per heavy atom. The molecule has 0 radical (unpaired) electrons. The minimum absolute atomic E-state index is 0.137. The number of ether oxygens (including phenoxy) is 2. The molecule has 0 bridgehead atoms. The second-order valence-corrected chi connectivity index (χ2v) is 6.89. The molecular formula is C22H31NO4. The van der Waals surface area contributed by atoms with Crippen molar-refractivity contribution in [3.63, 3.8) is 0 Å². The molecule has 0 saturated heterocycles. The van der Waals surface area contributed by atoms with E-state index >= 15 is 0 Å². The third-order valence-corrected chi connectivity index (χ3v) is 4.74. The van der Waals surface area contributed by atoms with Crippen molar-refractivity contribution in [1.29, 1.82) is 0 Å². The number of benzene rings is 2. The van der Waals surface area contributed by atoms with Crippen molar-refractivity contribution < 1.29 is 19.7 Å². The van der Waals surface area contributed by atoms with E-state index in [1.807, 2.05) is 12.1 Å². The molecular weight excluding hydrogens is 342 g/mol. The second kappa shape index (κ2) is 9.51. The number of rotatable bonds is 4. The zero-order chi connectivity index (χ0) is 20.0.